The second kappa shape index (κ2) is 10.7. The van der Waals surface area contributed by atoms with E-state index in [1.54, 1.807) is 0 Å². The van der Waals surface area contributed by atoms with E-state index in [1.165, 1.54) is 17.8 Å². The molecule has 0 aliphatic heterocycles. The van der Waals surface area contributed by atoms with Gasteiger partial charge in [-0.3, -0.25) is 4.79 Å². The predicted octanol–water partition coefficient (Wildman–Crippen LogP) is 5.82. The number of nitrogens with one attached hydrogen (secondary N) is 1. The van der Waals surface area contributed by atoms with Crippen molar-refractivity contribution in [3.63, 3.8) is 0 Å². The Morgan fingerprint density at radius 3 is 2.73 bits per heavy atom. The number of hydrogen-bond donors (Lipinski definition) is 2. The van der Waals surface area contributed by atoms with Crippen molar-refractivity contribution in [1.29, 1.82) is 0 Å². The lowest BCUT2D eigenvalue weighted by Gasteiger charge is -2.27. The maximum atomic E-state index is 12.0. The normalized spacial score (nSPS) is 20.7. The molecule has 0 bridgehead atoms. The number of ether oxygens (including phenoxy) is 2. The topological polar surface area (TPSA) is 97.8 Å². The summed E-state index contributed by atoms with van der Waals surface area (Å²) in [4.78, 5) is 29.0. The average Bonchev–Trinajstić information content (AvgIpc) is 3.13. The number of carboxylic acid groups (broad SMARTS) is 1. The van der Waals surface area contributed by atoms with Crippen molar-refractivity contribution in [2.24, 2.45) is 11.8 Å². The standard InChI is InChI=1S/C24H29ClN2O5S/c1-14-20(32-18-7-3-6-16(10-18)23(28)29)9-8-19(27-14)22-17(11-21(25)33-22)12-26-24(30)31-13-15-4-2-5-15/h8-9,11,15-16,18H,2-7,10,12-13H2,1H3,(H,26,30)(H,28,29)/t16-,18-/m0/s1. The Morgan fingerprint density at radius 2 is 2.03 bits per heavy atom. The molecule has 0 aromatic carbocycles. The van der Waals surface area contributed by atoms with E-state index in [4.69, 9.17) is 26.1 Å². The molecule has 4 rings (SSSR count). The quantitative estimate of drug-likeness (QED) is 0.481. The molecule has 2 heterocycles. The number of amides is 1. The molecule has 2 N–H and O–H groups in total. The Morgan fingerprint density at radius 1 is 1.24 bits per heavy atom. The van der Waals surface area contributed by atoms with Crippen LogP contribution < -0.4 is 10.1 Å². The van der Waals surface area contributed by atoms with E-state index >= 15 is 0 Å². The van der Waals surface area contributed by atoms with Gasteiger partial charge in [0.2, 0.25) is 0 Å². The van der Waals surface area contributed by atoms with Gasteiger partial charge in [-0.15, -0.1) is 11.3 Å². The van der Waals surface area contributed by atoms with Crippen LogP contribution in [0.2, 0.25) is 4.34 Å². The first-order valence-corrected chi connectivity index (χ1v) is 12.6. The van der Waals surface area contributed by atoms with Crippen LogP contribution in [0.1, 0.15) is 56.2 Å². The maximum absolute atomic E-state index is 12.0. The van der Waals surface area contributed by atoms with Gasteiger partial charge in [0.25, 0.3) is 0 Å². The van der Waals surface area contributed by atoms with Crippen LogP contribution in [0.25, 0.3) is 10.6 Å². The highest BCUT2D eigenvalue weighted by atomic mass is 35.5. The number of halogens is 1. The molecule has 0 spiro atoms. The van der Waals surface area contributed by atoms with Crippen molar-refractivity contribution >= 4 is 35.0 Å². The molecule has 0 unspecified atom stereocenters. The number of aromatic nitrogens is 1. The van der Waals surface area contributed by atoms with Gasteiger partial charge in [0.05, 0.1) is 39.2 Å². The molecule has 1 amide bonds. The minimum atomic E-state index is -0.754. The number of aliphatic carboxylic acids is 1. The SMILES string of the molecule is Cc1nc(-c2sc(Cl)cc2CNC(=O)OCC2CCC2)ccc1O[C@H]1CCC[C@H](C(=O)O)C1. The summed E-state index contributed by atoms with van der Waals surface area (Å²) in [7, 11) is 0. The van der Waals surface area contributed by atoms with Gasteiger partial charge >= 0.3 is 12.1 Å². The zero-order chi connectivity index (χ0) is 23.4. The Labute approximate surface area is 202 Å². The van der Waals surface area contributed by atoms with Crippen LogP contribution in [0.3, 0.4) is 0 Å². The lowest BCUT2D eigenvalue weighted by molar-refractivity contribution is -0.143. The fourth-order valence-electron chi connectivity index (χ4n) is 4.27. The highest BCUT2D eigenvalue weighted by Gasteiger charge is 2.28. The van der Waals surface area contributed by atoms with Crippen LogP contribution >= 0.6 is 22.9 Å². The van der Waals surface area contributed by atoms with Crippen LogP contribution in [0, 0.1) is 18.8 Å². The third kappa shape index (κ3) is 6.18. The maximum Gasteiger partial charge on any atom is 0.407 e. The van der Waals surface area contributed by atoms with Gasteiger partial charge < -0.3 is 19.9 Å². The molecule has 7 nitrogen and oxygen atoms in total. The number of alkyl carbamates (subject to hydrolysis) is 1. The molecule has 0 radical (unpaired) electrons. The number of nitrogens with zero attached hydrogens (tertiary/aromatic N) is 1. The first-order valence-electron chi connectivity index (χ1n) is 11.5. The van der Waals surface area contributed by atoms with Crippen molar-refractivity contribution in [3.05, 3.63) is 33.8 Å². The fraction of sp³-hybridized carbons (Fsp3) is 0.542. The molecular weight excluding hydrogens is 464 g/mol. The zero-order valence-corrected chi connectivity index (χ0v) is 20.2. The number of carbonyl (C=O) groups is 2. The van der Waals surface area contributed by atoms with Crippen LogP contribution in [-0.4, -0.2) is 34.9 Å². The third-order valence-electron chi connectivity index (χ3n) is 6.42. The highest BCUT2D eigenvalue weighted by molar-refractivity contribution is 7.19. The predicted molar refractivity (Wildman–Crippen MR) is 127 cm³/mol. The van der Waals surface area contributed by atoms with E-state index in [0.717, 1.165) is 47.5 Å². The molecule has 2 fully saturated rings. The molecule has 2 aliphatic carbocycles. The molecule has 178 valence electrons. The largest absolute Gasteiger partial charge is 0.489 e. The van der Waals surface area contributed by atoms with Crippen molar-refractivity contribution in [1.82, 2.24) is 10.3 Å². The summed E-state index contributed by atoms with van der Waals surface area (Å²) in [5, 5.41) is 12.1. The molecule has 9 heteroatoms. The summed E-state index contributed by atoms with van der Waals surface area (Å²) < 4.78 is 12.0. The van der Waals surface area contributed by atoms with Gasteiger partial charge in [-0.1, -0.05) is 18.0 Å². The summed E-state index contributed by atoms with van der Waals surface area (Å²) in [6.07, 6.45) is 5.85. The van der Waals surface area contributed by atoms with Crippen LogP contribution in [-0.2, 0) is 16.1 Å². The second-order valence-corrected chi connectivity index (χ2v) is 10.6. The Bertz CT molecular complexity index is 1010. The summed E-state index contributed by atoms with van der Waals surface area (Å²) in [6.45, 7) is 2.65. The van der Waals surface area contributed by atoms with Gasteiger partial charge in [-0.2, -0.15) is 0 Å². The van der Waals surface area contributed by atoms with E-state index in [1.807, 2.05) is 25.1 Å². The van der Waals surface area contributed by atoms with Crippen molar-refractivity contribution in [2.45, 2.75) is 64.5 Å². The van der Waals surface area contributed by atoms with Crippen LogP contribution in [0.5, 0.6) is 5.75 Å². The molecule has 2 aromatic heterocycles. The first kappa shape index (κ1) is 23.8. The van der Waals surface area contributed by atoms with Gasteiger partial charge in [0.15, 0.2) is 0 Å². The first-order chi connectivity index (χ1) is 15.9. The lowest BCUT2D eigenvalue weighted by atomic mass is 9.86. The van der Waals surface area contributed by atoms with E-state index in [9.17, 15) is 14.7 Å². The second-order valence-electron chi connectivity index (χ2n) is 8.88. The van der Waals surface area contributed by atoms with Gasteiger partial charge in [-0.05, 0) is 75.1 Å². The van der Waals surface area contributed by atoms with Crippen molar-refractivity contribution in [2.75, 3.05) is 6.61 Å². The summed E-state index contributed by atoms with van der Waals surface area (Å²) >= 11 is 7.68. The fourth-order valence-corrected chi connectivity index (χ4v) is 5.51. The van der Waals surface area contributed by atoms with E-state index in [-0.39, 0.29) is 12.0 Å². The van der Waals surface area contributed by atoms with Crippen LogP contribution in [0.4, 0.5) is 4.79 Å². The molecule has 2 aromatic rings. The molecule has 2 aliphatic rings. The summed E-state index contributed by atoms with van der Waals surface area (Å²) in [6, 6.07) is 5.59. The third-order valence-corrected chi connectivity index (χ3v) is 7.74. The van der Waals surface area contributed by atoms with E-state index < -0.39 is 12.1 Å². The molecule has 2 atom stereocenters. The molecule has 33 heavy (non-hydrogen) atoms. The Kier molecular flexibility index (Phi) is 7.75. The monoisotopic (exact) mass is 492 g/mol. The number of pyridine rings is 1. The van der Waals surface area contributed by atoms with Gasteiger partial charge in [-0.25, -0.2) is 9.78 Å². The molecular formula is C24H29ClN2O5S. The molecule has 0 saturated heterocycles. The van der Waals surface area contributed by atoms with E-state index in [2.05, 4.69) is 5.32 Å². The highest BCUT2D eigenvalue weighted by Crippen LogP contribution is 2.36. The minimum Gasteiger partial charge on any atom is -0.489 e. The zero-order valence-electron chi connectivity index (χ0n) is 18.6. The Hall–Kier alpha value is -2.32. The summed E-state index contributed by atoms with van der Waals surface area (Å²) in [5.41, 5.74) is 2.36. The number of aryl methyl sites for hydroxylation is 1. The van der Waals surface area contributed by atoms with Crippen molar-refractivity contribution in [3.8, 4) is 16.3 Å². The number of hydrogen-bond acceptors (Lipinski definition) is 6. The molecule has 2 saturated carbocycles. The summed E-state index contributed by atoms with van der Waals surface area (Å²) in [5.74, 6) is 0.0614. The number of carboxylic acids is 1. The average molecular weight is 493 g/mol. The number of carbonyl (C=O) groups excluding carboxylic acids is 1. The number of rotatable bonds is 8. The number of thiophene rings is 1. The smallest absolute Gasteiger partial charge is 0.407 e. The van der Waals surface area contributed by atoms with Crippen LogP contribution in [0.15, 0.2) is 18.2 Å². The minimum absolute atomic E-state index is 0.118. The van der Waals surface area contributed by atoms with E-state index in [0.29, 0.717) is 42.0 Å². The lowest BCUT2D eigenvalue weighted by Crippen LogP contribution is -2.29. The van der Waals surface area contributed by atoms with Gasteiger partial charge in [0.1, 0.15) is 5.75 Å². The van der Waals surface area contributed by atoms with Gasteiger partial charge in [0, 0.05) is 6.54 Å². The van der Waals surface area contributed by atoms with Crippen molar-refractivity contribution < 1.29 is 24.2 Å². The Balaban J connectivity index is 1.39.